The molecule has 0 radical (unpaired) electrons. The second-order valence-corrected chi connectivity index (χ2v) is 10.6. The third kappa shape index (κ3) is 2.91. The highest BCUT2D eigenvalue weighted by Crippen LogP contribution is 2.41. The van der Waals surface area contributed by atoms with Crippen LogP contribution in [0.1, 0.15) is 16.7 Å². The number of halogens is 3. The first-order valence-corrected chi connectivity index (χ1v) is 10.5. The summed E-state index contributed by atoms with van der Waals surface area (Å²) in [6.45, 7) is 4.48. The van der Waals surface area contributed by atoms with Crippen LogP contribution in [0.4, 0.5) is 13.2 Å². The van der Waals surface area contributed by atoms with Crippen molar-refractivity contribution < 1.29 is 13.2 Å². The predicted molar refractivity (Wildman–Crippen MR) is 91.3 cm³/mol. The number of hydrogen-bond acceptors (Lipinski definition) is 0. The largest absolute Gasteiger partial charge is 0.416 e. The zero-order valence-corrected chi connectivity index (χ0v) is 14.0. The Kier molecular flexibility index (Phi) is 3.80. The summed E-state index contributed by atoms with van der Waals surface area (Å²) in [6.07, 6.45) is -0.102. The highest BCUT2D eigenvalue weighted by molar-refractivity contribution is 7.09. The second kappa shape index (κ2) is 5.53. The van der Waals surface area contributed by atoms with E-state index in [2.05, 4.69) is 37.4 Å². The lowest BCUT2D eigenvalue weighted by Crippen LogP contribution is -2.28. The summed E-state index contributed by atoms with van der Waals surface area (Å²) < 4.78 is 38.1. The Morgan fingerprint density at radius 1 is 0.696 bits per heavy atom. The van der Waals surface area contributed by atoms with E-state index < -0.39 is 19.8 Å². The molecule has 3 rings (SSSR count). The lowest BCUT2D eigenvalue weighted by Gasteiger charge is -2.26. The van der Waals surface area contributed by atoms with Crippen molar-refractivity contribution in [1.82, 2.24) is 0 Å². The molecule has 0 fully saturated rings. The molecule has 0 unspecified atom stereocenters. The smallest absolute Gasteiger partial charge is 0.166 e. The second-order valence-electron chi connectivity index (χ2n) is 6.23. The molecule has 4 heteroatoms. The lowest BCUT2D eigenvalue weighted by atomic mass is 10.1. The topological polar surface area (TPSA) is 0 Å². The van der Waals surface area contributed by atoms with E-state index in [0.29, 0.717) is 0 Å². The highest BCUT2D eigenvalue weighted by Gasteiger charge is 2.36. The fourth-order valence-corrected chi connectivity index (χ4v) is 6.17. The van der Waals surface area contributed by atoms with E-state index in [1.54, 1.807) is 12.1 Å². The molecule has 0 atom stereocenters. The third-order valence-corrected chi connectivity index (χ3v) is 7.98. The van der Waals surface area contributed by atoms with Gasteiger partial charge in [-0.05, 0) is 33.7 Å². The molecule has 1 heterocycles. The van der Waals surface area contributed by atoms with Crippen molar-refractivity contribution in [3.05, 3.63) is 83.4 Å². The number of hydrogen-bond donors (Lipinski definition) is 0. The van der Waals surface area contributed by atoms with Gasteiger partial charge in [-0.2, -0.15) is 13.2 Å². The summed E-state index contributed by atoms with van der Waals surface area (Å²) in [5, 5.41) is 2.48. The summed E-state index contributed by atoms with van der Waals surface area (Å²) in [5.74, 6) is 0. The van der Waals surface area contributed by atoms with Crippen LogP contribution < -0.4 is 0 Å². The maximum Gasteiger partial charge on any atom is 0.416 e. The van der Waals surface area contributed by atoms with Crippen molar-refractivity contribution in [2.45, 2.75) is 19.3 Å². The van der Waals surface area contributed by atoms with Gasteiger partial charge in [0, 0.05) is 0 Å². The molecule has 118 valence electrons. The SMILES string of the molecule is C[Si]1(C)C(c2ccccc2)=CC=C1c1ccc(C(F)(F)F)cc1. The Morgan fingerprint density at radius 3 is 1.65 bits per heavy atom. The molecule has 0 saturated carbocycles. The maximum atomic E-state index is 12.7. The zero-order chi connectivity index (χ0) is 16.7. The van der Waals surface area contributed by atoms with Gasteiger partial charge in [-0.3, -0.25) is 0 Å². The van der Waals surface area contributed by atoms with Gasteiger partial charge in [-0.15, -0.1) is 0 Å². The quantitative estimate of drug-likeness (QED) is 0.595. The Balaban J connectivity index is 1.92. The van der Waals surface area contributed by atoms with E-state index in [1.807, 2.05) is 18.2 Å². The number of benzene rings is 2. The lowest BCUT2D eigenvalue weighted by molar-refractivity contribution is -0.137. The van der Waals surface area contributed by atoms with Crippen LogP contribution in [0, 0.1) is 0 Å². The van der Waals surface area contributed by atoms with E-state index in [9.17, 15) is 13.2 Å². The van der Waals surface area contributed by atoms with Gasteiger partial charge in [0.05, 0.1) is 5.56 Å². The Hall–Kier alpha value is -2.07. The fourth-order valence-electron chi connectivity index (χ4n) is 3.10. The van der Waals surface area contributed by atoms with Gasteiger partial charge < -0.3 is 0 Å². The summed E-state index contributed by atoms with van der Waals surface area (Å²) in [6, 6.07) is 15.7. The molecule has 0 bridgehead atoms. The zero-order valence-electron chi connectivity index (χ0n) is 13.0. The van der Waals surface area contributed by atoms with Crippen LogP contribution in [-0.4, -0.2) is 8.07 Å². The Labute approximate surface area is 135 Å². The average Bonchev–Trinajstić information content (AvgIpc) is 2.82. The highest BCUT2D eigenvalue weighted by atomic mass is 28.3. The van der Waals surface area contributed by atoms with Crippen LogP contribution in [0.5, 0.6) is 0 Å². The molecule has 1 aliphatic rings. The summed E-state index contributed by atoms with van der Waals surface area (Å²) in [5.41, 5.74) is 1.48. The van der Waals surface area contributed by atoms with Crippen molar-refractivity contribution in [3.63, 3.8) is 0 Å². The van der Waals surface area contributed by atoms with Crippen molar-refractivity contribution >= 4 is 18.5 Å². The number of alkyl halides is 3. The van der Waals surface area contributed by atoms with Crippen molar-refractivity contribution in [2.75, 3.05) is 0 Å². The van der Waals surface area contributed by atoms with Gasteiger partial charge in [0.1, 0.15) is 8.07 Å². The third-order valence-electron chi connectivity index (χ3n) is 4.37. The van der Waals surface area contributed by atoms with Crippen LogP contribution in [0.2, 0.25) is 13.1 Å². The minimum atomic E-state index is -4.29. The van der Waals surface area contributed by atoms with Gasteiger partial charge in [-0.1, -0.05) is 67.7 Å². The van der Waals surface area contributed by atoms with E-state index in [4.69, 9.17) is 0 Å². The van der Waals surface area contributed by atoms with Gasteiger partial charge >= 0.3 is 6.18 Å². The molecule has 0 aromatic heterocycles. The first-order valence-electron chi connectivity index (χ1n) is 7.46. The molecule has 23 heavy (non-hydrogen) atoms. The van der Waals surface area contributed by atoms with Gasteiger partial charge in [0.2, 0.25) is 0 Å². The molecule has 0 nitrogen and oxygen atoms in total. The molecule has 0 aliphatic carbocycles. The molecule has 2 aromatic rings. The molecule has 0 amide bonds. The summed E-state index contributed by atoms with van der Waals surface area (Å²) >= 11 is 0. The van der Waals surface area contributed by atoms with E-state index >= 15 is 0 Å². The number of rotatable bonds is 2. The van der Waals surface area contributed by atoms with Crippen molar-refractivity contribution in [1.29, 1.82) is 0 Å². The molecular weight excluding hydrogens is 313 g/mol. The van der Waals surface area contributed by atoms with Gasteiger partial charge in [-0.25, -0.2) is 0 Å². The van der Waals surface area contributed by atoms with E-state index in [0.717, 1.165) is 5.56 Å². The van der Waals surface area contributed by atoms with Gasteiger partial charge in [0.15, 0.2) is 0 Å². The monoisotopic (exact) mass is 330 g/mol. The molecule has 0 saturated heterocycles. The van der Waals surface area contributed by atoms with Crippen LogP contribution >= 0.6 is 0 Å². The minimum absolute atomic E-state index is 0.601. The van der Waals surface area contributed by atoms with Crippen LogP contribution in [0.3, 0.4) is 0 Å². The van der Waals surface area contributed by atoms with Crippen LogP contribution in [0.25, 0.3) is 10.4 Å². The van der Waals surface area contributed by atoms with Crippen molar-refractivity contribution in [2.24, 2.45) is 0 Å². The average molecular weight is 330 g/mol. The number of allylic oxidation sites excluding steroid dienone is 2. The van der Waals surface area contributed by atoms with Crippen LogP contribution in [-0.2, 0) is 6.18 Å². The molecule has 0 spiro atoms. The minimum Gasteiger partial charge on any atom is -0.166 e. The molecule has 0 N–H and O–H groups in total. The molecular formula is C19H17F3Si. The normalized spacial score (nSPS) is 16.9. The first-order chi connectivity index (χ1) is 10.8. The van der Waals surface area contributed by atoms with Crippen LogP contribution in [0.15, 0.2) is 66.7 Å². The standard InChI is InChI=1S/C19H17F3Si/c1-23(2)17(14-6-4-3-5-7-14)12-13-18(23)15-8-10-16(11-9-15)19(20,21)22/h3-13H,1-2H3. The Morgan fingerprint density at radius 2 is 1.17 bits per heavy atom. The summed E-state index contributed by atoms with van der Waals surface area (Å²) in [4.78, 5) is 0. The fraction of sp³-hybridized carbons (Fsp3) is 0.158. The maximum absolute atomic E-state index is 12.7. The Bertz CT molecular complexity index is 767. The molecule has 2 aromatic carbocycles. The van der Waals surface area contributed by atoms with E-state index in [1.165, 1.54) is 28.1 Å². The van der Waals surface area contributed by atoms with E-state index in [-0.39, 0.29) is 0 Å². The van der Waals surface area contributed by atoms with Crippen molar-refractivity contribution in [3.8, 4) is 0 Å². The predicted octanol–water partition coefficient (Wildman–Crippen LogP) is 5.97. The van der Waals surface area contributed by atoms with Gasteiger partial charge in [0.25, 0.3) is 0 Å². The first kappa shape index (κ1) is 15.8. The molecule has 1 aliphatic heterocycles. The summed E-state index contributed by atoms with van der Waals surface area (Å²) in [7, 11) is -1.90.